The zero-order valence-electron chi connectivity index (χ0n) is 21.7. The van der Waals surface area contributed by atoms with Gasteiger partial charge in [0.1, 0.15) is 12.4 Å². The van der Waals surface area contributed by atoms with Gasteiger partial charge in [0.15, 0.2) is 0 Å². The zero-order chi connectivity index (χ0) is 25.9. The Bertz CT molecular complexity index is 620. The van der Waals surface area contributed by atoms with Crippen LogP contribution in [0.25, 0.3) is 0 Å². The average Bonchev–Trinajstić information content (AvgIpc) is 2.87. The maximum absolute atomic E-state index is 11.0. The Morgan fingerprint density at radius 3 is 1.47 bits per heavy atom. The van der Waals surface area contributed by atoms with Crippen LogP contribution in [-0.2, 0) is 33.2 Å². The van der Waals surface area contributed by atoms with Crippen LogP contribution in [0.15, 0.2) is 24.3 Å². The second-order valence-electron chi connectivity index (χ2n) is 7.83. The molecule has 0 spiro atoms. The number of unbranched alkanes of at least 4 members (excludes halogenated alkanes) is 3. The lowest BCUT2D eigenvalue weighted by Crippen LogP contribution is -2.14. The van der Waals surface area contributed by atoms with Crippen molar-refractivity contribution in [1.82, 2.24) is 0 Å². The van der Waals surface area contributed by atoms with Crippen molar-refractivity contribution in [2.45, 2.75) is 32.6 Å². The van der Waals surface area contributed by atoms with Crippen LogP contribution in [0.4, 0.5) is 5.69 Å². The third-order valence-electron chi connectivity index (χ3n) is 4.70. The van der Waals surface area contributed by atoms with Gasteiger partial charge in [0.25, 0.3) is 0 Å². The van der Waals surface area contributed by atoms with E-state index in [-0.39, 0.29) is 5.91 Å². The predicted molar refractivity (Wildman–Crippen MR) is 140 cm³/mol. The quantitative estimate of drug-likeness (QED) is 0.141. The van der Waals surface area contributed by atoms with Crippen LogP contribution in [0, 0.1) is 0 Å². The van der Waals surface area contributed by atoms with Crippen molar-refractivity contribution in [3.8, 4) is 5.75 Å². The van der Waals surface area contributed by atoms with Gasteiger partial charge in [-0.05, 0) is 37.1 Å². The number of hydrogen-bond acceptors (Lipinski definition) is 8. The van der Waals surface area contributed by atoms with E-state index in [0.717, 1.165) is 36.8 Å². The van der Waals surface area contributed by atoms with E-state index >= 15 is 0 Å². The lowest BCUT2D eigenvalue weighted by atomic mass is 10.2. The fraction of sp³-hybridized carbons (Fsp3) is 0.731. The molecule has 1 N–H and O–H groups in total. The number of anilines is 1. The smallest absolute Gasteiger partial charge is 0.221 e. The Kier molecular flexibility index (Phi) is 22.8. The van der Waals surface area contributed by atoms with E-state index in [1.54, 1.807) is 24.3 Å². The highest BCUT2D eigenvalue weighted by Crippen LogP contribution is 2.15. The van der Waals surface area contributed by atoms with E-state index in [4.69, 9.17) is 44.8 Å². The number of benzene rings is 1. The van der Waals surface area contributed by atoms with Crippen LogP contribution in [0.3, 0.4) is 0 Å². The van der Waals surface area contributed by atoms with E-state index in [1.807, 2.05) is 0 Å². The van der Waals surface area contributed by atoms with Crippen molar-refractivity contribution in [2.24, 2.45) is 0 Å². The molecule has 0 unspecified atom stereocenters. The highest BCUT2D eigenvalue weighted by atomic mass is 35.5. The number of carbonyl (C=O) groups excluding carboxylic acids is 1. The molecule has 36 heavy (non-hydrogen) atoms. The zero-order valence-corrected chi connectivity index (χ0v) is 22.4. The van der Waals surface area contributed by atoms with Crippen molar-refractivity contribution in [1.29, 1.82) is 0 Å². The minimum atomic E-state index is -0.102. The SMILES string of the molecule is CC(=O)Nc1ccc(OCCOCCOCCOCCOCCOCCOCCCCCCCl)cc1. The molecule has 1 aromatic carbocycles. The van der Waals surface area contributed by atoms with Crippen LogP contribution in [0.2, 0.25) is 0 Å². The van der Waals surface area contributed by atoms with Crippen LogP contribution in [-0.4, -0.2) is 97.7 Å². The summed E-state index contributed by atoms with van der Waals surface area (Å²) in [5.74, 6) is 1.37. The van der Waals surface area contributed by atoms with Gasteiger partial charge in [-0.2, -0.15) is 0 Å². The molecule has 208 valence electrons. The van der Waals surface area contributed by atoms with E-state index in [2.05, 4.69) is 5.32 Å². The van der Waals surface area contributed by atoms with E-state index in [1.165, 1.54) is 19.8 Å². The standard InChI is InChI=1S/C26H44ClNO8/c1-24(29)28-25-6-8-26(9-7-25)36-23-22-35-21-20-34-19-18-33-17-16-32-15-14-31-13-12-30-11-5-3-2-4-10-27/h6-9H,2-5,10-23H2,1H3,(H,28,29). The summed E-state index contributed by atoms with van der Waals surface area (Å²) in [6, 6.07) is 7.19. The van der Waals surface area contributed by atoms with Crippen LogP contribution >= 0.6 is 11.6 Å². The molecule has 0 bridgehead atoms. The molecule has 0 aliphatic rings. The van der Waals surface area contributed by atoms with Gasteiger partial charge in [0.05, 0.1) is 72.7 Å². The van der Waals surface area contributed by atoms with Crippen LogP contribution in [0.1, 0.15) is 32.6 Å². The maximum atomic E-state index is 11.0. The highest BCUT2D eigenvalue weighted by Gasteiger charge is 1.98. The fourth-order valence-electron chi connectivity index (χ4n) is 2.91. The number of nitrogens with one attached hydrogen (secondary N) is 1. The summed E-state index contributed by atoms with van der Waals surface area (Å²) in [7, 11) is 0. The van der Waals surface area contributed by atoms with Crippen molar-refractivity contribution in [2.75, 3.05) is 97.1 Å². The number of amides is 1. The van der Waals surface area contributed by atoms with Gasteiger partial charge in [-0.3, -0.25) is 4.79 Å². The number of alkyl halides is 1. The Morgan fingerprint density at radius 2 is 1.03 bits per heavy atom. The van der Waals surface area contributed by atoms with Crippen LogP contribution < -0.4 is 10.1 Å². The normalized spacial score (nSPS) is 11.1. The Hall–Kier alpha value is -1.46. The second-order valence-corrected chi connectivity index (χ2v) is 8.21. The summed E-state index contributed by atoms with van der Waals surface area (Å²) in [4.78, 5) is 11.0. The molecule has 0 saturated heterocycles. The first-order valence-corrected chi connectivity index (χ1v) is 13.3. The summed E-state index contributed by atoms with van der Waals surface area (Å²) >= 11 is 5.64. The molecule has 0 heterocycles. The molecule has 0 aromatic heterocycles. The lowest BCUT2D eigenvalue weighted by molar-refractivity contribution is -0.114. The molecule has 0 saturated carbocycles. The molecule has 0 aliphatic carbocycles. The third-order valence-corrected chi connectivity index (χ3v) is 4.97. The molecule has 0 aliphatic heterocycles. The first kappa shape index (κ1) is 32.6. The second kappa shape index (κ2) is 25.2. The lowest BCUT2D eigenvalue weighted by Gasteiger charge is -2.09. The Labute approximate surface area is 221 Å². The van der Waals surface area contributed by atoms with Gasteiger partial charge < -0.3 is 38.5 Å². The number of halogens is 1. The molecule has 10 heteroatoms. The molecule has 1 rings (SSSR count). The fourth-order valence-corrected chi connectivity index (χ4v) is 3.10. The summed E-state index contributed by atoms with van der Waals surface area (Å²) in [5, 5.41) is 2.71. The largest absolute Gasteiger partial charge is 0.491 e. The van der Waals surface area contributed by atoms with E-state index < -0.39 is 0 Å². The van der Waals surface area contributed by atoms with Gasteiger partial charge in [0.2, 0.25) is 5.91 Å². The van der Waals surface area contributed by atoms with Gasteiger partial charge >= 0.3 is 0 Å². The van der Waals surface area contributed by atoms with E-state index in [9.17, 15) is 4.79 Å². The first-order chi connectivity index (χ1) is 17.7. The predicted octanol–water partition coefficient (Wildman–Crippen LogP) is 3.92. The van der Waals surface area contributed by atoms with Gasteiger partial charge in [0, 0.05) is 25.1 Å². The number of hydrogen-bond donors (Lipinski definition) is 1. The first-order valence-electron chi connectivity index (χ1n) is 12.7. The minimum Gasteiger partial charge on any atom is -0.491 e. The third kappa shape index (κ3) is 21.8. The van der Waals surface area contributed by atoms with Gasteiger partial charge in [-0.1, -0.05) is 12.8 Å². The number of rotatable bonds is 26. The summed E-state index contributed by atoms with van der Waals surface area (Å²) < 4.78 is 38.4. The Morgan fingerprint density at radius 1 is 0.611 bits per heavy atom. The van der Waals surface area contributed by atoms with Crippen molar-refractivity contribution < 1.29 is 38.0 Å². The molecule has 0 fully saturated rings. The monoisotopic (exact) mass is 533 g/mol. The molecule has 0 radical (unpaired) electrons. The maximum Gasteiger partial charge on any atom is 0.221 e. The summed E-state index contributed by atoms with van der Waals surface area (Å²) in [6.45, 7) is 8.54. The van der Waals surface area contributed by atoms with Gasteiger partial charge in [-0.25, -0.2) is 0 Å². The van der Waals surface area contributed by atoms with Crippen molar-refractivity contribution in [3.05, 3.63) is 24.3 Å². The van der Waals surface area contributed by atoms with E-state index in [0.29, 0.717) is 79.3 Å². The molecule has 1 amide bonds. The Balaban J connectivity index is 1.72. The van der Waals surface area contributed by atoms with Crippen molar-refractivity contribution in [3.63, 3.8) is 0 Å². The molecular weight excluding hydrogens is 490 g/mol. The highest BCUT2D eigenvalue weighted by molar-refractivity contribution is 6.17. The minimum absolute atomic E-state index is 0.102. The molecule has 9 nitrogen and oxygen atoms in total. The van der Waals surface area contributed by atoms with Crippen LogP contribution in [0.5, 0.6) is 5.75 Å². The average molecular weight is 534 g/mol. The number of ether oxygens (including phenoxy) is 7. The van der Waals surface area contributed by atoms with Gasteiger partial charge in [-0.15, -0.1) is 11.6 Å². The van der Waals surface area contributed by atoms with Crippen molar-refractivity contribution >= 4 is 23.2 Å². The topological polar surface area (TPSA) is 93.7 Å². The molecule has 0 atom stereocenters. The molecular formula is C26H44ClNO8. The molecule has 1 aromatic rings. The summed E-state index contributed by atoms with van der Waals surface area (Å²) in [6.07, 6.45) is 4.50. The summed E-state index contributed by atoms with van der Waals surface area (Å²) in [5.41, 5.74) is 0.738. The number of carbonyl (C=O) groups is 1.